The van der Waals surface area contributed by atoms with Crippen LogP contribution in [0.5, 0.6) is 0 Å². The molecule has 72 heavy (non-hydrogen) atoms. The van der Waals surface area contributed by atoms with Gasteiger partial charge in [0, 0.05) is 47.5 Å². The Bertz CT molecular complexity index is 1800. The van der Waals surface area contributed by atoms with E-state index in [0.717, 1.165) is 22.9 Å². The zero-order valence-electron chi connectivity index (χ0n) is 46.9. The van der Waals surface area contributed by atoms with Crippen molar-refractivity contribution >= 4 is 65.2 Å². The monoisotopic (exact) mass is 1040 g/mol. The minimum atomic E-state index is -1.22. The van der Waals surface area contributed by atoms with Crippen LogP contribution in [0.3, 0.4) is 0 Å². The first-order chi connectivity index (χ1) is 33.6. The average molecular weight is 1040 g/mol. The maximum atomic E-state index is 14.8. The van der Waals surface area contributed by atoms with Crippen LogP contribution in [0.1, 0.15) is 129 Å². The fourth-order valence-electron chi connectivity index (χ4n) is 8.00. The van der Waals surface area contributed by atoms with Crippen molar-refractivity contribution in [1.29, 1.82) is 0 Å². The summed E-state index contributed by atoms with van der Waals surface area (Å²) in [5, 5.41) is 22.0. The summed E-state index contributed by atoms with van der Waals surface area (Å²) in [6.07, 6.45) is 4.30. The highest BCUT2D eigenvalue weighted by atomic mass is 32.2. The molecule has 0 heterocycles. The van der Waals surface area contributed by atoms with Crippen molar-refractivity contribution in [3.8, 4) is 0 Å². The molecule has 0 fully saturated rings. The van der Waals surface area contributed by atoms with Gasteiger partial charge in [-0.3, -0.25) is 44.2 Å². The second-order valence-corrected chi connectivity index (χ2v) is 21.2. The molecule has 0 spiro atoms. The Morgan fingerprint density at radius 2 is 1.19 bits per heavy atom. The van der Waals surface area contributed by atoms with E-state index in [9.17, 15) is 48.3 Å². The molecule has 0 aromatic heterocycles. The van der Waals surface area contributed by atoms with Crippen LogP contribution < -0.4 is 26.6 Å². The van der Waals surface area contributed by atoms with Gasteiger partial charge in [-0.25, -0.2) is 9.59 Å². The molecule has 0 radical (unpaired) electrons. The first kappa shape index (κ1) is 67.2. The molecule has 21 heteroatoms. The van der Waals surface area contributed by atoms with Crippen LogP contribution in [0.25, 0.3) is 0 Å². The van der Waals surface area contributed by atoms with Crippen LogP contribution in [0, 0.1) is 29.6 Å². The lowest BCUT2D eigenvalue weighted by atomic mass is 9.94. The molecular weight excluding hydrogens is 945 g/mol. The molecule has 0 aromatic rings. The number of nitrogens with zero attached hydrogens (tertiary/aromatic N) is 5. The van der Waals surface area contributed by atoms with Gasteiger partial charge in [0.1, 0.15) is 30.2 Å². The van der Waals surface area contributed by atoms with Crippen LogP contribution in [-0.4, -0.2) is 185 Å². The average Bonchev–Trinajstić information content (AvgIpc) is 3.32. The molecule has 0 rings (SSSR count). The van der Waals surface area contributed by atoms with Crippen molar-refractivity contribution in [3.63, 3.8) is 0 Å². The van der Waals surface area contributed by atoms with Crippen LogP contribution >= 0.6 is 11.8 Å². The summed E-state index contributed by atoms with van der Waals surface area (Å²) in [6, 6.07) is -7.52. The van der Waals surface area contributed by atoms with E-state index >= 15 is 0 Å². The highest BCUT2D eigenvalue weighted by Crippen LogP contribution is 2.24. The predicted molar refractivity (Wildman–Crippen MR) is 284 cm³/mol. The lowest BCUT2D eigenvalue weighted by Crippen LogP contribution is -2.61. The zero-order chi connectivity index (χ0) is 55.7. The Hall–Kier alpha value is -4.76. The molecule has 414 valence electrons. The fourth-order valence-corrected chi connectivity index (χ4v) is 9.23. The van der Waals surface area contributed by atoms with E-state index in [1.165, 1.54) is 56.8 Å². The summed E-state index contributed by atoms with van der Waals surface area (Å²) in [5.41, 5.74) is 0. The largest absolute Gasteiger partial charge is 0.392 e. The predicted octanol–water partition coefficient (Wildman–Crippen LogP) is 4.02. The van der Waals surface area contributed by atoms with Crippen molar-refractivity contribution in [3.05, 3.63) is 12.2 Å². The first-order valence-corrected chi connectivity index (χ1v) is 26.8. The molecule has 20 nitrogen and oxygen atoms in total. The summed E-state index contributed by atoms with van der Waals surface area (Å²) in [6.45, 7) is 26.2. The fraction of sp³-hybridized carbons (Fsp3) is 0.784. The number of aliphatic hydroxyl groups is 1. The number of hydrogen-bond acceptors (Lipinski definition) is 12. The molecule has 0 saturated carbocycles. The maximum Gasteiger partial charge on any atom is 0.329 e. The van der Waals surface area contributed by atoms with Gasteiger partial charge >= 0.3 is 12.1 Å². The van der Waals surface area contributed by atoms with Crippen molar-refractivity contribution in [1.82, 2.24) is 51.1 Å². The van der Waals surface area contributed by atoms with Gasteiger partial charge in [0.2, 0.25) is 29.5 Å². The van der Waals surface area contributed by atoms with Crippen LogP contribution in [-0.2, 0) is 33.6 Å². The second kappa shape index (κ2) is 33.9. The summed E-state index contributed by atoms with van der Waals surface area (Å²) >= 11 is 1.24. The summed E-state index contributed by atoms with van der Waals surface area (Å²) in [5.74, 6) is -4.97. The number of likely N-dealkylation sites (N-methyl/N-ethyl adjacent to an activating group) is 5. The highest BCUT2D eigenvalue weighted by Gasteiger charge is 2.42. The van der Waals surface area contributed by atoms with Crippen LogP contribution in [0.4, 0.5) is 9.59 Å². The van der Waals surface area contributed by atoms with E-state index in [-0.39, 0.29) is 37.0 Å². The van der Waals surface area contributed by atoms with Gasteiger partial charge in [0.15, 0.2) is 5.37 Å². The van der Waals surface area contributed by atoms with Gasteiger partial charge in [-0.2, -0.15) is 0 Å². The van der Waals surface area contributed by atoms with Crippen molar-refractivity contribution < 1.29 is 48.3 Å². The SMILES string of the molecule is C/C=C/C[C@@H](C)[C@@H](O)CC(=O)N[C@@H](CC)C(=O)N(C)[C@H](SCCN(CC)CC)C(=O)N(C)[C@H](C(=O)N[C@H](C(=O)N(C)[C@@H](CC(C)C)C(=O)NC(=O)NC(=O)N(C)[C@@H](CC(C)C)C(=O)NC)C(C)C)C(C)CC. The summed E-state index contributed by atoms with van der Waals surface area (Å²) < 4.78 is 0. The molecule has 0 aliphatic heterocycles. The maximum absolute atomic E-state index is 14.8. The first-order valence-electron chi connectivity index (χ1n) is 25.7. The topological polar surface area (TPSA) is 250 Å². The van der Waals surface area contributed by atoms with Gasteiger partial charge in [0.05, 0.1) is 12.5 Å². The number of nitrogens with one attached hydrogen (secondary N) is 5. The number of rotatable bonds is 31. The molecule has 0 aliphatic carbocycles. The lowest BCUT2D eigenvalue weighted by Gasteiger charge is -2.38. The quantitative estimate of drug-likeness (QED) is 0.0426. The van der Waals surface area contributed by atoms with Crippen molar-refractivity contribution in [2.45, 2.75) is 170 Å². The third-order valence-electron chi connectivity index (χ3n) is 13.1. The number of carbonyl (C=O) groups excluding carboxylic acids is 9. The molecule has 0 saturated heterocycles. The zero-order valence-corrected chi connectivity index (χ0v) is 47.7. The Balaban J connectivity index is 6.77. The Kier molecular flexibility index (Phi) is 31.6. The van der Waals surface area contributed by atoms with E-state index in [4.69, 9.17) is 0 Å². The van der Waals surface area contributed by atoms with Gasteiger partial charge in [-0.15, -0.1) is 11.8 Å². The number of amides is 11. The molecule has 1 unspecified atom stereocenters. The number of urea groups is 2. The number of imide groups is 2. The smallest absolute Gasteiger partial charge is 0.329 e. The van der Waals surface area contributed by atoms with E-state index in [1.807, 2.05) is 74.5 Å². The molecular formula is C51H94N10O10S. The Morgan fingerprint density at radius 1 is 0.639 bits per heavy atom. The number of aliphatic hydroxyl groups excluding tert-OH is 1. The van der Waals surface area contributed by atoms with Gasteiger partial charge < -0.3 is 45.6 Å². The molecule has 11 amide bonds. The molecule has 0 aliphatic rings. The lowest BCUT2D eigenvalue weighted by molar-refractivity contribution is -0.148. The second-order valence-electron chi connectivity index (χ2n) is 20.0. The standard InChI is InChI=1S/C51H94N10O10S/c1-19-24-25-35(13)39(62)30-40(63)53-36(21-3)46(67)60(18)49(72-27-26-61(22-4)23-5)48(69)59(17)42(34(12)20-2)45(66)54-41(33(10)11)47(68)57(15)38(29-32(8)9)44(65)55-50(70)56-51(71)58(16)37(28-31(6)7)43(64)52-14/h19,24,31-39,41-42,49,62H,20-23,25-30H2,1-18H3,(H,52,64)(H,53,63)(H,54,66)(H2,55,56,65,70,71)/b24-19+/t34?,35-,36+,37+,38+,39+,41+,42+,49-/m1/s1. The third kappa shape index (κ3) is 21.8. The number of thioether (sulfide) groups is 1. The Morgan fingerprint density at radius 3 is 1.67 bits per heavy atom. The molecule has 6 N–H and O–H groups in total. The summed E-state index contributed by atoms with van der Waals surface area (Å²) in [7, 11) is 7.17. The third-order valence-corrected chi connectivity index (χ3v) is 14.3. The number of carbonyl (C=O) groups is 9. The summed E-state index contributed by atoms with van der Waals surface area (Å²) in [4.78, 5) is 131. The molecule has 0 bridgehead atoms. The van der Waals surface area contributed by atoms with E-state index in [2.05, 4.69) is 31.5 Å². The molecule has 9 atom stereocenters. The van der Waals surface area contributed by atoms with Gasteiger partial charge in [-0.1, -0.05) is 102 Å². The van der Waals surface area contributed by atoms with Gasteiger partial charge in [-0.05, 0) is 75.3 Å². The number of hydrogen-bond donors (Lipinski definition) is 6. The van der Waals surface area contributed by atoms with E-state index < -0.39 is 107 Å². The Labute approximate surface area is 435 Å². The minimum absolute atomic E-state index is 0.0387. The number of allylic oxidation sites excluding steroid dienone is 2. The van der Waals surface area contributed by atoms with Crippen LogP contribution in [0.2, 0.25) is 0 Å². The highest BCUT2D eigenvalue weighted by molar-refractivity contribution is 8.00. The van der Waals surface area contributed by atoms with E-state index in [0.29, 0.717) is 31.6 Å². The van der Waals surface area contributed by atoms with Crippen molar-refractivity contribution in [2.75, 3.05) is 60.6 Å². The van der Waals surface area contributed by atoms with Crippen molar-refractivity contribution in [2.24, 2.45) is 29.6 Å². The van der Waals surface area contributed by atoms with Gasteiger partial charge in [0.25, 0.3) is 11.8 Å². The van der Waals surface area contributed by atoms with Crippen LogP contribution in [0.15, 0.2) is 12.2 Å². The van der Waals surface area contributed by atoms with E-state index in [1.54, 1.807) is 27.7 Å². The normalized spacial score (nSPS) is 15.4. The molecule has 0 aromatic carbocycles. The minimum Gasteiger partial charge on any atom is -0.392 e.